The van der Waals surface area contributed by atoms with E-state index in [-0.39, 0.29) is 41.8 Å². The van der Waals surface area contributed by atoms with E-state index in [9.17, 15) is 4.79 Å². The normalized spacial score (nSPS) is 14.9. The predicted molar refractivity (Wildman–Crippen MR) is 121 cm³/mol. The van der Waals surface area contributed by atoms with Crippen LogP contribution in [0.3, 0.4) is 0 Å². The van der Waals surface area contributed by atoms with Gasteiger partial charge in [-0.2, -0.15) is 0 Å². The molecule has 27 heavy (non-hydrogen) atoms. The summed E-state index contributed by atoms with van der Waals surface area (Å²) < 4.78 is 5.22. The third-order valence-corrected chi connectivity index (χ3v) is 4.83. The number of terminal acetylenes is 1. The van der Waals surface area contributed by atoms with Crippen LogP contribution in [-0.2, 0) is 9.53 Å². The number of hydrogen-bond donors (Lipinski definition) is 3. The molecule has 6 nitrogen and oxygen atoms in total. The van der Waals surface area contributed by atoms with E-state index in [1.807, 2.05) is 18.2 Å². The van der Waals surface area contributed by atoms with Crippen molar-refractivity contribution in [3.63, 3.8) is 0 Å². The first-order chi connectivity index (χ1) is 12.6. The van der Waals surface area contributed by atoms with Gasteiger partial charge in [0.15, 0.2) is 5.96 Å². The van der Waals surface area contributed by atoms with E-state index in [1.54, 1.807) is 20.2 Å². The molecule has 0 radical (unpaired) electrons. The maximum atomic E-state index is 12.1. The minimum absolute atomic E-state index is 0. The second-order valence-corrected chi connectivity index (χ2v) is 6.65. The number of nitrogens with zero attached hydrogens (tertiary/aromatic N) is 1. The van der Waals surface area contributed by atoms with Crippen molar-refractivity contribution in [2.24, 2.45) is 10.4 Å². The van der Waals surface area contributed by atoms with Gasteiger partial charge in [-0.25, -0.2) is 0 Å². The molecular weight excluding hydrogens is 455 g/mol. The van der Waals surface area contributed by atoms with Gasteiger partial charge in [0.25, 0.3) is 0 Å². The quantitative estimate of drug-likeness (QED) is 0.230. The fourth-order valence-corrected chi connectivity index (χ4v) is 3.06. The first-order valence-corrected chi connectivity index (χ1v) is 8.91. The van der Waals surface area contributed by atoms with Crippen LogP contribution in [0.2, 0.25) is 0 Å². The second-order valence-electron chi connectivity index (χ2n) is 6.65. The number of halogens is 1. The monoisotopic (exact) mass is 484 g/mol. The summed E-state index contributed by atoms with van der Waals surface area (Å²) in [6.07, 6.45) is 10.1. The smallest absolute Gasteiger partial charge is 0.243 e. The lowest BCUT2D eigenvalue weighted by atomic mass is 9.67. The lowest BCUT2D eigenvalue weighted by molar-refractivity contribution is -0.115. The zero-order valence-corrected chi connectivity index (χ0v) is 18.3. The van der Waals surface area contributed by atoms with Gasteiger partial charge in [0.1, 0.15) is 0 Å². The van der Waals surface area contributed by atoms with Crippen LogP contribution >= 0.6 is 24.0 Å². The maximum absolute atomic E-state index is 12.1. The fourth-order valence-electron chi connectivity index (χ4n) is 3.06. The number of nitrogens with one attached hydrogen (secondary N) is 3. The van der Waals surface area contributed by atoms with Crippen LogP contribution in [0.4, 0.5) is 5.69 Å². The summed E-state index contributed by atoms with van der Waals surface area (Å²) in [6, 6.07) is 7.21. The Labute approximate surface area is 178 Å². The van der Waals surface area contributed by atoms with Gasteiger partial charge in [0, 0.05) is 38.6 Å². The molecule has 7 heteroatoms. The van der Waals surface area contributed by atoms with Gasteiger partial charge in [-0.15, -0.1) is 30.4 Å². The van der Waals surface area contributed by atoms with Crippen LogP contribution in [-0.4, -0.2) is 45.7 Å². The highest BCUT2D eigenvalue weighted by Crippen LogP contribution is 2.43. The summed E-state index contributed by atoms with van der Waals surface area (Å²) >= 11 is 0. The molecule has 0 bridgehead atoms. The van der Waals surface area contributed by atoms with Gasteiger partial charge in [-0.3, -0.25) is 9.79 Å². The van der Waals surface area contributed by atoms with Gasteiger partial charge in [-0.1, -0.05) is 18.4 Å². The van der Waals surface area contributed by atoms with Crippen LogP contribution < -0.4 is 16.0 Å². The number of anilines is 1. The average molecular weight is 484 g/mol. The average Bonchev–Trinajstić information content (AvgIpc) is 2.63. The highest BCUT2D eigenvalue weighted by Gasteiger charge is 2.36. The Bertz CT molecular complexity index is 681. The van der Waals surface area contributed by atoms with Crippen molar-refractivity contribution in [3.8, 4) is 12.3 Å². The molecule has 1 aliphatic rings. The largest absolute Gasteiger partial charge is 0.385 e. The molecule has 0 atom stereocenters. The Kier molecular flexibility index (Phi) is 10.2. The fraction of sp³-hybridized carbons (Fsp3) is 0.500. The summed E-state index contributed by atoms with van der Waals surface area (Å²) in [5, 5.41) is 9.21. The van der Waals surface area contributed by atoms with Gasteiger partial charge in [0.2, 0.25) is 5.91 Å². The van der Waals surface area contributed by atoms with E-state index < -0.39 is 0 Å². The molecule has 0 unspecified atom stereocenters. The summed E-state index contributed by atoms with van der Waals surface area (Å²) in [4.78, 5) is 16.3. The topological polar surface area (TPSA) is 74.8 Å². The molecule has 0 spiro atoms. The number of rotatable bonds is 8. The van der Waals surface area contributed by atoms with E-state index in [0.29, 0.717) is 11.6 Å². The highest BCUT2D eigenvalue weighted by atomic mass is 127. The van der Waals surface area contributed by atoms with E-state index in [2.05, 4.69) is 26.9 Å². The van der Waals surface area contributed by atoms with Gasteiger partial charge in [-0.05, 0) is 42.9 Å². The molecule has 0 aromatic heterocycles. The first kappa shape index (κ1) is 23.2. The predicted octanol–water partition coefficient (Wildman–Crippen LogP) is 2.60. The highest BCUT2D eigenvalue weighted by molar-refractivity contribution is 14.0. The molecule has 0 aliphatic heterocycles. The van der Waals surface area contributed by atoms with Crippen LogP contribution in [0.1, 0.15) is 31.2 Å². The van der Waals surface area contributed by atoms with E-state index in [0.717, 1.165) is 25.1 Å². The lowest BCUT2D eigenvalue weighted by Gasteiger charge is -2.42. The molecule has 1 amide bonds. The van der Waals surface area contributed by atoms with Crippen LogP contribution in [0.25, 0.3) is 0 Å². The molecule has 1 fully saturated rings. The van der Waals surface area contributed by atoms with Crippen molar-refractivity contribution in [2.45, 2.75) is 25.7 Å². The van der Waals surface area contributed by atoms with Crippen molar-refractivity contribution in [1.82, 2.24) is 10.6 Å². The third kappa shape index (κ3) is 7.39. The van der Waals surface area contributed by atoms with E-state index in [4.69, 9.17) is 11.2 Å². The number of carbonyl (C=O) groups is 1. The number of aliphatic imine (C=N–C) groups is 1. The van der Waals surface area contributed by atoms with Gasteiger partial charge in [0.05, 0.1) is 6.54 Å². The van der Waals surface area contributed by atoms with Crippen molar-refractivity contribution in [1.29, 1.82) is 0 Å². The second kappa shape index (κ2) is 11.8. The minimum Gasteiger partial charge on any atom is -0.385 e. The Morgan fingerprint density at radius 3 is 2.74 bits per heavy atom. The molecule has 1 aliphatic carbocycles. The Morgan fingerprint density at radius 2 is 2.15 bits per heavy atom. The van der Waals surface area contributed by atoms with Crippen LogP contribution in [0.15, 0.2) is 29.3 Å². The number of methoxy groups -OCH3 is 1. The summed E-state index contributed by atoms with van der Waals surface area (Å²) in [6.45, 7) is 1.74. The number of hydrogen-bond acceptors (Lipinski definition) is 3. The van der Waals surface area contributed by atoms with Crippen LogP contribution in [0.5, 0.6) is 0 Å². The molecular formula is C20H29IN4O2. The third-order valence-electron chi connectivity index (χ3n) is 4.83. The molecule has 1 aromatic rings. The number of amides is 1. The molecule has 1 saturated carbocycles. The Hall–Kier alpha value is -1.79. The zero-order valence-electron chi connectivity index (χ0n) is 16.0. The molecule has 3 N–H and O–H groups in total. The lowest BCUT2D eigenvalue weighted by Crippen LogP contribution is -2.48. The van der Waals surface area contributed by atoms with Crippen molar-refractivity contribution in [3.05, 3.63) is 29.8 Å². The number of ether oxygens (including phenoxy) is 1. The summed E-state index contributed by atoms with van der Waals surface area (Å²) in [7, 11) is 3.43. The Morgan fingerprint density at radius 1 is 1.37 bits per heavy atom. The van der Waals surface area contributed by atoms with Crippen molar-refractivity contribution >= 4 is 41.5 Å². The summed E-state index contributed by atoms with van der Waals surface area (Å²) in [5.74, 6) is 3.02. The Balaban J connectivity index is 0.00000364. The maximum Gasteiger partial charge on any atom is 0.243 e. The standard InChI is InChI=1S/C20H28N4O2.HI/c1-4-16-7-5-8-17(13-16)24-18(25)14-22-19(21-2)23-15-20(9-6-10-20)11-12-26-3;/h1,5,7-8,13H,6,9-12,14-15H2,2-3H3,(H,24,25)(H2,21,22,23);1H. The number of guanidine groups is 1. The minimum atomic E-state index is -0.153. The summed E-state index contributed by atoms with van der Waals surface area (Å²) in [5.41, 5.74) is 1.70. The van der Waals surface area contributed by atoms with Crippen molar-refractivity contribution < 1.29 is 9.53 Å². The molecule has 0 saturated heterocycles. The molecule has 2 rings (SSSR count). The number of benzene rings is 1. The van der Waals surface area contributed by atoms with Gasteiger partial charge >= 0.3 is 0 Å². The van der Waals surface area contributed by atoms with Crippen LogP contribution in [0, 0.1) is 17.8 Å². The zero-order chi connectivity index (χ0) is 18.8. The van der Waals surface area contributed by atoms with E-state index >= 15 is 0 Å². The SMILES string of the molecule is C#Cc1cccc(NC(=O)CNC(=NC)NCC2(CCOC)CCC2)c1.I. The number of carbonyl (C=O) groups excluding carboxylic acids is 1. The first-order valence-electron chi connectivity index (χ1n) is 8.91. The molecule has 0 heterocycles. The van der Waals surface area contributed by atoms with E-state index in [1.165, 1.54) is 19.3 Å². The molecule has 148 valence electrons. The van der Waals surface area contributed by atoms with Crippen molar-refractivity contribution in [2.75, 3.05) is 39.2 Å². The van der Waals surface area contributed by atoms with Gasteiger partial charge < -0.3 is 20.7 Å². The molecule has 1 aromatic carbocycles.